The van der Waals surface area contributed by atoms with E-state index in [1.165, 1.54) is 0 Å². The van der Waals surface area contributed by atoms with Crippen molar-refractivity contribution >= 4 is 23.2 Å². The lowest BCUT2D eigenvalue weighted by atomic mass is 9.98. The zero-order valence-electron chi connectivity index (χ0n) is 29.8. The van der Waals surface area contributed by atoms with Crippen molar-refractivity contribution in [2.75, 3.05) is 37.9 Å². The third kappa shape index (κ3) is 10.1. The number of amides is 2. The lowest BCUT2D eigenvalue weighted by molar-refractivity contribution is -0.253. The normalized spacial score (nSPS) is 20.4. The number of nitrogens with zero attached hydrogens (tertiary/aromatic N) is 1. The molecule has 4 aromatic carbocycles. The summed E-state index contributed by atoms with van der Waals surface area (Å²) in [7, 11) is 1.76. The van der Waals surface area contributed by atoms with Crippen LogP contribution in [-0.4, -0.2) is 60.8 Å². The van der Waals surface area contributed by atoms with Crippen LogP contribution in [0.4, 0.5) is 11.4 Å². The van der Waals surface area contributed by atoms with Crippen LogP contribution in [0.5, 0.6) is 0 Å². The number of likely N-dealkylation sites (tertiary alicyclic amines) is 1. The number of nitrogen functional groups attached to an aromatic ring is 1. The zero-order valence-corrected chi connectivity index (χ0v) is 29.8. The predicted octanol–water partition coefficient (Wildman–Crippen LogP) is 6.51. The van der Waals surface area contributed by atoms with Crippen LogP contribution in [-0.2, 0) is 37.0 Å². The van der Waals surface area contributed by atoms with Crippen LogP contribution in [0.1, 0.15) is 73.2 Å². The number of nitrogens with one attached hydrogen (secondary N) is 2. The third-order valence-corrected chi connectivity index (χ3v) is 9.89. The van der Waals surface area contributed by atoms with E-state index in [9.17, 15) is 14.7 Å². The fourth-order valence-corrected chi connectivity index (χ4v) is 7.03. The van der Waals surface area contributed by atoms with E-state index < -0.39 is 6.29 Å². The van der Waals surface area contributed by atoms with E-state index in [0.717, 1.165) is 72.3 Å². The number of hydrogen-bond donors (Lipinski definition) is 4. The number of hydrogen-bond acceptors (Lipinski definition) is 8. The molecule has 0 aromatic heterocycles. The van der Waals surface area contributed by atoms with Crippen molar-refractivity contribution in [2.24, 2.45) is 0 Å². The number of benzene rings is 4. The predicted molar refractivity (Wildman–Crippen MR) is 202 cm³/mol. The molecule has 6 rings (SSSR count). The summed E-state index contributed by atoms with van der Waals surface area (Å²) in [5.41, 5.74) is 12.9. The van der Waals surface area contributed by atoms with Crippen molar-refractivity contribution in [3.63, 3.8) is 0 Å². The zero-order chi connectivity index (χ0) is 36.3. The first-order valence-electron chi connectivity index (χ1n) is 18.2. The first kappa shape index (κ1) is 37.2. The third-order valence-electron chi connectivity index (χ3n) is 9.89. The molecule has 2 saturated heterocycles. The summed E-state index contributed by atoms with van der Waals surface area (Å²) in [4.78, 5) is 27.3. The number of carbonyl (C=O) groups excluding carboxylic acids is 2. The molecule has 10 heteroatoms. The highest BCUT2D eigenvalue weighted by Gasteiger charge is 2.35. The average Bonchev–Trinajstić information content (AvgIpc) is 3.61. The van der Waals surface area contributed by atoms with E-state index >= 15 is 0 Å². The molecular formula is C42H50N4O6. The summed E-state index contributed by atoms with van der Waals surface area (Å²) < 4.78 is 18.7. The van der Waals surface area contributed by atoms with E-state index in [2.05, 4.69) is 51.9 Å². The van der Waals surface area contributed by atoms with Gasteiger partial charge in [0.1, 0.15) is 0 Å². The van der Waals surface area contributed by atoms with E-state index in [1.807, 2.05) is 48.5 Å². The van der Waals surface area contributed by atoms with Gasteiger partial charge in [-0.15, -0.1) is 0 Å². The van der Waals surface area contributed by atoms with Crippen LogP contribution in [0.2, 0.25) is 0 Å². The highest BCUT2D eigenvalue weighted by Crippen LogP contribution is 2.39. The Morgan fingerprint density at radius 1 is 0.885 bits per heavy atom. The monoisotopic (exact) mass is 706 g/mol. The molecule has 0 spiro atoms. The second-order valence-electron chi connectivity index (χ2n) is 13.7. The van der Waals surface area contributed by atoms with Gasteiger partial charge in [-0.2, -0.15) is 0 Å². The minimum absolute atomic E-state index is 0.00783. The second-order valence-corrected chi connectivity index (χ2v) is 13.7. The molecule has 0 unspecified atom stereocenters. The van der Waals surface area contributed by atoms with Gasteiger partial charge < -0.3 is 35.7 Å². The maximum absolute atomic E-state index is 12.6. The largest absolute Gasteiger partial charge is 0.397 e. The van der Waals surface area contributed by atoms with E-state index in [4.69, 9.17) is 19.9 Å². The smallest absolute Gasteiger partial charge is 0.224 e. The summed E-state index contributed by atoms with van der Waals surface area (Å²) >= 11 is 0. The fourth-order valence-electron chi connectivity index (χ4n) is 7.03. The van der Waals surface area contributed by atoms with Crippen molar-refractivity contribution < 1.29 is 28.9 Å². The minimum atomic E-state index is -0.525. The molecule has 0 radical (unpaired) electrons. The Kier molecular flexibility index (Phi) is 13.1. The summed E-state index contributed by atoms with van der Waals surface area (Å²) in [5.74, 6) is -0.272. The maximum atomic E-state index is 12.6. The van der Waals surface area contributed by atoms with Gasteiger partial charge in [-0.05, 0) is 71.8 Å². The highest BCUT2D eigenvalue weighted by molar-refractivity contribution is 5.94. The average molecular weight is 707 g/mol. The van der Waals surface area contributed by atoms with Gasteiger partial charge in [0, 0.05) is 51.1 Å². The van der Waals surface area contributed by atoms with Crippen LogP contribution in [0.15, 0.2) is 97.1 Å². The SMILES string of the molecule is COC[C@@H]1CCCN1C[C@H]1C[C@@H](c2ccc(CO)cc2)O[C@@H](c2ccc(-c3cccc(CNC(=O)CCCC(=O)Nc4ccccc4N)c3)cc2)O1. The molecule has 274 valence electrons. The molecule has 2 fully saturated rings. The molecule has 0 bridgehead atoms. The van der Waals surface area contributed by atoms with E-state index in [1.54, 1.807) is 19.2 Å². The minimum Gasteiger partial charge on any atom is -0.397 e. The van der Waals surface area contributed by atoms with E-state index in [0.29, 0.717) is 30.4 Å². The summed E-state index contributed by atoms with van der Waals surface area (Å²) in [6.45, 7) is 2.98. The van der Waals surface area contributed by atoms with Gasteiger partial charge >= 0.3 is 0 Å². The summed E-state index contributed by atoms with van der Waals surface area (Å²) in [6.07, 6.45) is 3.28. The molecule has 2 aliphatic heterocycles. The molecule has 2 aliphatic rings. The number of rotatable bonds is 15. The van der Waals surface area contributed by atoms with Gasteiger partial charge in [0.15, 0.2) is 6.29 Å². The summed E-state index contributed by atoms with van der Waals surface area (Å²) in [6, 6.07) is 31.9. The Morgan fingerprint density at radius 3 is 2.42 bits per heavy atom. The van der Waals surface area contributed by atoms with Crippen LogP contribution in [0.3, 0.4) is 0 Å². The first-order valence-corrected chi connectivity index (χ1v) is 18.2. The molecule has 2 heterocycles. The van der Waals surface area contributed by atoms with Gasteiger partial charge in [0.2, 0.25) is 11.8 Å². The Labute approximate surface area is 306 Å². The van der Waals surface area contributed by atoms with Crippen molar-refractivity contribution in [2.45, 2.75) is 76.2 Å². The number of methoxy groups -OCH3 is 1. The van der Waals surface area contributed by atoms with Gasteiger partial charge in [-0.3, -0.25) is 14.5 Å². The van der Waals surface area contributed by atoms with Crippen LogP contribution in [0, 0.1) is 0 Å². The van der Waals surface area contributed by atoms with Crippen LogP contribution >= 0.6 is 0 Å². The van der Waals surface area contributed by atoms with Gasteiger partial charge in [-0.25, -0.2) is 0 Å². The van der Waals surface area contributed by atoms with Crippen molar-refractivity contribution in [1.29, 1.82) is 0 Å². The molecule has 4 atom stereocenters. The van der Waals surface area contributed by atoms with Gasteiger partial charge in [0.05, 0.1) is 36.8 Å². The maximum Gasteiger partial charge on any atom is 0.224 e. The summed E-state index contributed by atoms with van der Waals surface area (Å²) in [5, 5.41) is 15.3. The lowest BCUT2D eigenvalue weighted by Gasteiger charge is -2.38. The topological polar surface area (TPSA) is 135 Å². The standard InChI is InChI=1S/C42H50N4O6/c1-50-28-35-9-6-22-46(35)26-36-24-39(32-16-14-29(27-47)15-17-32)52-42(51-36)33-20-18-31(19-21-33)34-8-4-7-30(23-34)25-44-40(48)12-5-13-41(49)45-38-11-3-2-10-37(38)43/h2-4,7-8,10-11,14-21,23,35-36,39,42,47H,5-6,9,12-13,22,24-28,43H2,1H3,(H,44,48)(H,45,49)/t35-,36+,39-,42-/m0/s1. The lowest BCUT2D eigenvalue weighted by Crippen LogP contribution is -2.42. The molecule has 10 nitrogen and oxygen atoms in total. The Hall–Kier alpha value is -4.58. The van der Waals surface area contributed by atoms with Gasteiger partial charge in [0.25, 0.3) is 0 Å². The number of ether oxygens (including phenoxy) is 3. The quantitative estimate of drug-likeness (QED) is 0.103. The molecule has 52 heavy (non-hydrogen) atoms. The van der Waals surface area contributed by atoms with Gasteiger partial charge in [-0.1, -0.05) is 78.9 Å². The Balaban J connectivity index is 1.05. The van der Waals surface area contributed by atoms with E-state index in [-0.39, 0.29) is 43.5 Å². The number of aliphatic hydroxyl groups is 1. The van der Waals surface area contributed by atoms with Crippen molar-refractivity contribution in [3.05, 3.63) is 119 Å². The highest BCUT2D eigenvalue weighted by atomic mass is 16.7. The molecule has 5 N–H and O–H groups in total. The van der Waals surface area contributed by atoms with Crippen LogP contribution in [0.25, 0.3) is 11.1 Å². The fraction of sp³-hybridized carbons (Fsp3) is 0.381. The molecular weight excluding hydrogens is 656 g/mol. The number of carbonyl (C=O) groups is 2. The Bertz CT molecular complexity index is 1770. The Morgan fingerprint density at radius 2 is 1.65 bits per heavy atom. The van der Waals surface area contributed by atoms with Crippen molar-refractivity contribution in [1.82, 2.24) is 10.2 Å². The number of para-hydroxylation sites is 2. The molecule has 0 aliphatic carbocycles. The van der Waals surface area contributed by atoms with Crippen LogP contribution < -0.4 is 16.4 Å². The van der Waals surface area contributed by atoms with Crippen molar-refractivity contribution in [3.8, 4) is 11.1 Å². The number of aliphatic hydroxyl groups excluding tert-OH is 1. The molecule has 2 amide bonds. The number of anilines is 2. The second kappa shape index (κ2) is 18.3. The molecule has 4 aromatic rings. The first-order chi connectivity index (χ1) is 25.4. The molecule has 0 saturated carbocycles. The number of nitrogens with two attached hydrogens (primary N) is 1.